The van der Waals surface area contributed by atoms with E-state index < -0.39 is 0 Å². The van der Waals surface area contributed by atoms with Crippen LogP contribution in [0.15, 0.2) is 78.9 Å². The molecule has 0 saturated heterocycles. The zero-order valence-corrected chi connectivity index (χ0v) is 12.2. The van der Waals surface area contributed by atoms with Crippen LogP contribution in [-0.2, 0) is 6.42 Å². The third-order valence-corrected chi connectivity index (χ3v) is 3.76. The summed E-state index contributed by atoms with van der Waals surface area (Å²) in [6.45, 7) is 2.05. The van der Waals surface area contributed by atoms with Gasteiger partial charge in [-0.2, -0.15) is 0 Å². The van der Waals surface area contributed by atoms with Gasteiger partial charge in [0, 0.05) is 23.7 Å². The highest BCUT2D eigenvalue weighted by molar-refractivity contribution is 5.34. The summed E-state index contributed by atoms with van der Waals surface area (Å²) in [4.78, 5) is 4.66. The van der Waals surface area contributed by atoms with Crippen molar-refractivity contribution in [3.8, 4) is 0 Å². The second-order valence-corrected chi connectivity index (χ2v) is 5.35. The Labute approximate surface area is 126 Å². The summed E-state index contributed by atoms with van der Waals surface area (Å²) in [5.74, 6) is 0.349. The van der Waals surface area contributed by atoms with Gasteiger partial charge in [0.15, 0.2) is 0 Å². The fourth-order valence-electron chi connectivity index (χ4n) is 2.72. The fourth-order valence-corrected chi connectivity index (χ4v) is 2.72. The molecule has 104 valence electrons. The lowest BCUT2D eigenvalue weighted by Crippen LogP contribution is -2.06. The Hall–Kier alpha value is -2.41. The number of rotatable bonds is 4. The molecule has 2 aromatic carbocycles. The zero-order valence-electron chi connectivity index (χ0n) is 12.2. The zero-order chi connectivity index (χ0) is 14.5. The third kappa shape index (κ3) is 3.38. The second-order valence-electron chi connectivity index (χ2n) is 5.35. The molecule has 3 rings (SSSR count). The molecule has 0 amide bonds. The van der Waals surface area contributed by atoms with Gasteiger partial charge in [-0.3, -0.25) is 4.98 Å². The number of nitrogens with zero attached hydrogens (tertiary/aromatic N) is 1. The Morgan fingerprint density at radius 2 is 1.29 bits per heavy atom. The van der Waals surface area contributed by atoms with Crippen molar-refractivity contribution in [3.63, 3.8) is 0 Å². The second kappa shape index (κ2) is 6.36. The first-order valence-electron chi connectivity index (χ1n) is 7.35. The normalized spacial score (nSPS) is 10.8. The van der Waals surface area contributed by atoms with Crippen molar-refractivity contribution in [2.24, 2.45) is 0 Å². The van der Waals surface area contributed by atoms with E-state index in [1.165, 1.54) is 11.1 Å². The summed E-state index contributed by atoms with van der Waals surface area (Å²) in [7, 11) is 0. The maximum atomic E-state index is 4.66. The summed E-state index contributed by atoms with van der Waals surface area (Å²) in [5.41, 5.74) is 4.90. The van der Waals surface area contributed by atoms with Gasteiger partial charge in [-0.25, -0.2) is 0 Å². The number of aromatic nitrogens is 1. The molecular weight excluding hydrogens is 254 g/mol. The van der Waals surface area contributed by atoms with E-state index in [4.69, 9.17) is 0 Å². The molecule has 0 radical (unpaired) electrons. The van der Waals surface area contributed by atoms with Crippen LogP contribution in [-0.4, -0.2) is 4.98 Å². The lowest BCUT2D eigenvalue weighted by atomic mass is 9.87. The van der Waals surface area contributed by atoms with E-state index in [1.807, 2.05) is 13.0 Å². The number of aryl methyl sites for hydroxylation is 1. The van der Waals surface area contributed by atoms with Crippen LogP contribution in [0, 0.1) is 6.92 Å². The molecule has 0 aliphatic heterocycles. The molecule has 1 aromatic heterocycles. The van der Waals surface area contributed by atoms with E-state index in [1.54, 1.807) is 0 Å². The molecule has 0 bridgehead atoms. The van der Waals surface area contributed by atoms with Crippen LogP contribution >= 0.6 is 0 Å². The summed E-state index contributed by atoms with van der Waals surface area (Å²) >= 11 is 0. The average molecular weight is 273 g/mol. The van der Waals surface area contributed by atoms with Crippen LogP contribution in [0.5, 0.6) is 0 Å². The highest BCUT2D eigenvalue weighted by Gasteiger charge is 2.15. The van der Waals surface area contributed by atoms with E-state index in [9.17, 15) is 0 Å². The van der Waals surface area contributed by atoms with Gasteiger partial charge >= 0.3 is 0 Å². The first-order valence-corrected chi connectivity index (χ1v) is 7.35. The van der Waals surface area contributed by atoms with Gasteiger partial charge in [-0.15, -0.1) is 0 Å². The van der Waals surface area contributed by atoms with E-state index in [2.05, 4.69) is 77.8 Å². The van der Waals surface area contributed by atoms with Crippen LogP contribution in [0.25, 0.3) is 0 Å². The van der Waals surface area contributed by atoms with Crippen LogP contribution in [0.4, 0.5) is 0 Å². The van der Waals surface area contributed by atoms with E-state index in [0.717, 1.165) is 17.8 Å². The molecular formula is C20H19N. The van der Waals surface area contributed by atoms with Gasteiger partial charge in [0.25, 0.3) is 0 Å². The minimum Gasteiger partial charge on any atom is -0.258 e. The lowest BCUT2D eigenvalue weighted by molar-refractivity contribution is 0.779. The molecule has 3 aromatic rings. The molecule has 0 atom stereocenters. The van der Waals surface area contributed by atoms with E-state index in [-0.39, 0.29) is 0 Å². The molecule has 0 spiro atoms. The molecule has 1 nitrogen and oxygen atoms in total. The summed E-state index contributed by atoms with van der Waals surface area (Å²) in [6.07, 6.45) is 0.926. The Morgan fingerprint density at radius 3 is 1.81 bits per heavy atom. The SMILES string of the molecule is Cc1cccc(CC(c2ccccc2)c2ccccc2)n1. The van der Waals surface area contributed by atoms with E-state index >= 15 is 0 Å². The van der Waals surface area contributed by atoms with Gasteiger partial charge in [0.2, 0.25) is 0 Å². The van der Waals surface area contributed by atoms with Crippen LogP contribution in [0.2, 0.25) is 0 Å². The summed E-state index contributed by atoms with van der Waals surface area (Å²) in [5, 5.41) is 0. The Kier molecular flexibility index (Phi) is 4.11. The molecule has 1 heteroatoms. The molecule has 0 N–H and O–H groups in total. The van der Waals surface area contributed by atoms with Gasteiger partial charge < -0.3 is 0 Å². The Balaban J connectivity index is 1.97. The maximum Gasteiger partial charge on any atom is 0.0416 e. The van der Waals surface area contributed by atoms with Gasteiger partial charge in [-0.1, -0.05) is 66.7 Å². The van der Waals surface area contributed by atoms with Gasteiger partial charge in [0.1, 0.15) is 0 Å². The fraction of sp³-hybridized carbons (Fsp3) is 0.150. The maximum absolute atomic E-state index is 4.66. The van der Waals surface area contributed by atoms with Crippen LogP contribution < -0.4 is 0 Å². The number of pyridine rings is 1. The molecule has 0 fully saturated rings. The van der Waals surface area contributed by atoms with Gasteiger partial charge in [0.05, 0.1) is 0 Å². The molecule has 0 aliphatic carbocycles. The lowest BCUT2D eigenvalue weighted by Gasteiger charge is -2.18. The third-order valence-electron chi connectivity index (χ3n) is 3.76. The largest absolute Gasteiger partial charge is 0.258 e. The monoisotopic (exact) mass is 273 g/mol. The molecule has 0 unspecified atom stereocenters. The Morgan fingerprint density at radius 1 is 0.714 bits per heavy atom. The number of hydrogen-bond donors (Lipinski definition) is 0. The van der Waals surface area contributed by atoms with Crippen LogP contribution in [0.3, 0.4) is 0 Å². The van der Waals surface area contributed by atoms with Crippen molar-refractivity contribution in [1.29, 1.82) is 0 Å². The summed E-state index contributed by atoms with van der Waals surface area (Å²) < 4.78 is 0. The van der Waals surface area contributed by atoms with E-state index in [0.29, 0.717) is 5.92 Å². The minimum atomic E-state index is 0.349. The molecule has 0 aliphatic rings. The number of benzene rings is 2. The van der Waals surface area contributed by atoms with Crippen LogP contribution in [0.1, 0.15) is 28.4 Å². The predicted octanol–water partition coefficient (Wildman–Crippen LogP) is 4.76. The molecule has 21 heavy (non-hydrogen) atoms. The Bertz CT molecular complexity index is 650. The average Bonchev–Trinajstić information content (AvgIpc) is 2.54. The van der Waals surface area contributed by atoms with Crippen molar-refractivity contribution < 1.29 is 0 Å². The van der Waals surface area contributed by atoms with Crippen molar-refractivity contribution >= 4 is 0 Å². The smallest absolute Gasteiger partial charge is 0.0416 e. The topological polar surface area (TPSA) is 12.9 Å². The van der Waals surface area contributed by atoms with Crippen molar-refractivity contribution in [2.75, 3.05) is 0 Å². The molecule has 1 heterocycles. The first-order chi connectivity index (χ1) is 10.3. The van der Waals surface area contributed by atoms with Crippen molar-refractivity contribution in [1.82, 2.24) is 4.98 Å². The standard InChI is InChI=1S/C20H19N/c1-16-9-8-14-19(21-16)15-20(17-10-4-2-5-11-17)18-12-6-3-7-13-18/h2-14,20H,15H2,1H3. The summed E-state index contributed by atoms with van der Waals surface area (Å²) in [6, 6.07) is 27.6. The highest BCUT2D eigenvalue weighted by Crippen LogP contribution is 2.27. The minimum absolute atomic E-state index is 0.349. The highest BCUT2D eigenvalue weighted by atomic mass is 14.7. The first kappa shape index (κ1) is 13.6. The predicted molar refractivity (Wildman–Crippen MR) is 87.4 cm³/mol. The molecule has 0 saturated carbocycles. The van der Waals surface area contributed by atoms with Crippen molar-refractivity contribution in [2.45, 2.75) is 19.3 Å². The van der Waals surface area contributed by atoms with Gasteiger partial charge in [-0.05, 0) is 30.2 Å². The number of hydrogen-bond acceptors (Lipinski definition) is 1. The quantitative estimate of drug-likeness (QED) is 0.667. The van der Waals surface area contributed by atoms with Crippen molar-refractivity contribution in [3.05, 3.63) is 101 Å².